The van der Waals surface area contributed by atoms with E-state index < -0.39 is 0 Å². The van der Waals surface area contributed by atoms with E-state index in [4.69, 9.17) is 4.74 Å². The topological polar surface area (TPSA) is 41.6 Å². The molecule has 3 aliphatic rings. The number of rotatable bonds is 3. The van der Waals surface area contributed by atoms with E-state index in [1.165, 1.54) is 25.7 Å². The van der Waals surface area contributed by atoms with Crippen LogP contribution in [0.1, 0.15) is 38.5 Å². The van der Waals surface area contributed by atoms with Crippen LogP contribution in [0.5, 0.6) is 0 Å². The molecule has 3 fully saturated rings. The molecule has 0 radical (unpaired) electrons. The number of nitrogens with zero attached hydrogens (tertiary/aromatic N) is 1. The molecular weight excluding hydrogens is 228 g/mol. The summed E-state index contributed by atoms with van der Waals surface area (Å²) in [5.41, 5.74) is 0. The van der Waals surface area contributed by atoms with Crippen LogP contribution < -0.4 is 5.32 Å². The van der Waals surface area contributed by atoms with Crippen LogP contribution in [-0.4, -0.2) is 49.2 Å². The normalized spacial score (nSPS) is 39.3. The van der Waals surface area contributed by atoms with Crippen molar-refractivity contribution in [1.82, 2.24) is 10.2 Å². The summed E-state index contributed by atoms with van der Waals surface area (Å²) < 4.78 is 5.32. The van der Waals surface area contributed by atoms with E-state index in [2.05, 4.69) is 5.32 Å². The van der Waals surface area contributed by atoms with Crippen LogP contribution in [0.15, 0.2) is 0 Å². The maximum atomic E-state index is 12.3. The van der Waals surface area contributed by atoms with Gasteiger partial charge in [-0.15, -0.1) is 0 Å². The van der Waals surface area contributed by atoms with Crippen LogP contribution in [0.25, 0.3) is 0 Å². The summed E-state index contributed by atoms with van der Waals surface area (Å²) >= 11 is 0. The maximum Gasteiger partial charge on any atom is 0.222 e. The minimum atomic E-state index is 0.262. The van der Waals surface area contributed by atoms with Crippen molar-refractivity contribution < 1.29 is 9.53 Å². The van der Waals surface area contributed by atoms with Crippen molar-refractivity contribution in [3.05, 3.63) is 0 Å². The Morgan fingerprint density at radius 1 is 1.28 bits per heavy atom. The van der Waals surface area contributed by atoms with Gasteiger partial charge >= 0.3 is 0 Å². The van der Waals surface area contributed by atoms with Gasteiger partial charge in [-0.05, 0) is 38.0 Å². The van der Waals surface area contributed by atoms with Crippen LogP contribution in [-0.2, 0) is 9.53 Å². The van der Waals surface area contributed by atoms with Crippen molar-refractivity contribution in [3.8, 4) is 0 Å². The zero-order valence-electron chi connectivity index (χ0n) is 11.2. The number of methoxy groups -OCH3 is 1. The summed E-state index contributed by atoms with van der Waals surface area (Å²) in [6, 6.07) is 1.37. The van der Waals surface area contributed by atoms with Crippen molar-refractivity contribution in [2.24, 2.45) is 5.92 Å². The Balaban J connectivity index is 1.49. The number of ether oxygens (including phenoxy) is 1. The first kappa shape index (κ1) is 12.4. The molecule has 3 heterocycles. The molecule has 3 atom stereocenters. The second-order valence-corrected chi connectivity index (χ2v) is 6.17. The fourth-order valence-electron chi connectivity index (χ4n) is 3.86. The number of nitrogens with one attached hydrogen (secondary N) is 1. The third kappa shape index (κ3) is 2.54. The molecule has 0 aromatic rings. The summed E-state index contributed by atoms with van der Waals surface area (Å²) in [5.74, 6) is 0.957. The van der Waals surface area contributed by atoms with Crippen LogP contribution in [0.2, 0.25) is 0 Å². The van der Waals surface area contributed by atoms with E-state index in [1.807, 2.05) is 4.90 Å². The van der Waals surface area contributed by atoms with E-state index in [0.29, 0.717) is 23.9 Å². The van der Waals surface area contributed by atoms with Gasteiger partial charge < -0.3 is 15.0 Å². The summed E-state index contributed by atoms with van der Waals surface area (Å²) in [4.78, 5) is 14.3. The monoisotopic (exact) mass is 252 g/mol. The average Bonchev–Trinajstić information content (AvgIpc) is 2.96. The highest BCUT2D eigenvalue weighted by Crippen LogP contribution is 2.33. The molecule has 3 saturated heterocycles. The molecule has 1 amide bonds. The van der Waals surface area contributed by atoms with Crippen LogP contribution >= 0.6 is 0 Å². The third-order valence-electron chi connectivity index (χ3n) is 4.87. The first-order valence-corrected chi connectivity index (χ1v) is 7.31. The van der Waals surface area contributed by atoms with Gasteiger partial charge in [-0.3, -0.25) is 4.79 Å². The summed E-state index contributed by atoms with van der Waals surface area (Å²) in [6.45, 7) is 1.68. The molecule has 2 bridgehead atoms. The Kier molecular flexibility index (Phi) is 3.57. The van der Waals surface area contributed by atoms with E-state index >= 15 is 0 Å². The number of carbonyl (C=O) groups excluding carboxylic acids is 1. The summed E-state index contributed by atoms with van der Waals surface area (Å²) in [6.07, 6.45) is 7.03. The van der Waals surface area contributed by atoms with Crippen molar-refractivity contribution in [2.45, 2.75) is 56.7 Å². The lowest BCUT2D eigenvalue weighted by Gasteiger charge is -2.29. The van der Waals surface area contributed by atoms with Crippen molar-refractivity contribution in [1.29, 1.82) is 0 Å². The highest BCUT2D eigenvalue weighted by Gasteiger charge is 2.35. The lowest BCUT2D eigenvalue weighted by atomic mass is 9.89. The molecule has 3 unspecified atom stereocenters. The smallest absolute Gasteiger partial charge is 0.222 e. The molecule has 102 valence electrons. The fourth-order valence-corrected chi connectivity index (χ4v) is 3.86. The fraction of sp³-hybridized carbons (Fsp3) is 0.929. The number of hydrogen-bond acceptors (Lipinski definition) is 3. The van der Waals surface area contributed by atoms with Crippen molar-refractivity contribution >= 4 is 5.91 Å². The highest BCUT2D eigenvalue weighted by molar-refractivity contribution is 5.76. The second-order valence-electron chi connectivity index (χ2n) is 6.17. The van der Waals surface area contributed by atoms with E-state index in [0.717, 1.165) is 25.9 Å². The lowest BCUT2D eigenvalue weighted by Crippen LogP contribution is -2.40. The van der Waals surface area contributed by atoms with Crippen molar-refractivity contribution in [3.63, 3.8) is 0 Å². The molecule has 4 heteroatoms. The Hall–Kier alpha value is -0.610. The average molecular weight is 252 g/mol. The second kappa shape index (κ2) is 5.17. The van der Waals surface area contributed by atoms with Gasteiger partial charge in [0.25, 0.3) is 0 Å². The molecule has 0 aromatic heterocycles. The van der Waals surface area contributed by atoms with Gasteiger partial charge in [-0.1, -0.05) is 0 Å². The third-order valence-corrected chi connectivity index (χ3v) is 4.87. The maximum absolute atomic E-state index is 12.3. The first-order valence-electron chi connectivity index (χ1n) is 7.31. The molecule has 0 saturated carbocycles. The van der Waals surface area contributed by atoms with E-state index in [-0.39, 0.29) is 6.10 Å². The number of fused-ring (bicyclic) bond motifs is 2. The van der Waals surface area contributed by atoms with Crippen LogP contribution in [0.4, 0.5) is 0 Å². The molecule has 0 aliphatic carbocycles. The van der Waals surface area contributed by atoms with Gasteiger partial charge in [-0.2, -0.15) is 0 Å². The van der Waals surface area contributed by atoms with Gasteiger partial charge in [0.2, 0.25) is 5.91 Å². The highest BCUT2D eigenvalue weighted by atomic mass is 16.5. The van der Waals surface area contributed by atoms with Crippen LogP contribution in [0.3, 0.4) is 0 Å². The SMILES string of the molecule is COC1CCN(C(=O)CC2CC3CCC(C2)N3)C1. The van der Waals surface area contributed by atoms with Crippen molar-refractivity contribution in [2.75, 3.05) is 20.2 Å². The molecule has 4 nitrogen and oxygen atoms in total. The van der Waals surface area contributed by atoms with Gasteiger partial charge in [0, 0.05) is 38.7 Å². The summed E-state index contributed by atoms with van der Waals surface area (Å²) in [7, 11) is 1.74. The Bertz CT molecular complexity index is 309. The molecular formula is C14H24N2O2. The first-order chi connectivity index (χ1) is 8.74. The Labute approximate surface area is 109 Å². The zero-order valence-corrected chi connectivity index (χ0v) is 11.2. The predicted molar refractivity (Wildman–Crippen MR) is 69.3 cm³/mol. The molecule has 0 spiro atoms. The molecule has 18 heavy (non-hydrogen) atoms. The van der Waals surface area contributed by atoms with E-state index in [1.54, 1.807) is 7.11 Å². The Morgan fingerprint density at radius 3 is 2.61 bits per heavy atom. The minimum Gasteiger partial charge on any atom is -0.380 e. The predicted octanol–water partition coefficient (Wildman–Crippen LogP) is 1.15. The molecule has 3 aliphatic heterocycles. The largest absolute Gasteiger partial charge is 0.380 e. The number of likely N-dealkylation sites (tertiary alicyclic amines) is 1. The lowest BCUT2D eigenvalue weighted by molar-refractivity contribution is -0.131. The van der Waals surface area contributed by atoms with Crippen LogP contribution in [0, 0.1) is 5.92 Å². The summed E-state index contributed by atoms with van der Waals surface area (Å²) in [5, 5.41) is 3.63. The quantitative estimate of drug-likeness (QED) is 0.819. The van der Waals surface area contributed by atoms with Gasteiger partial charge in [0.15, 0.2) is 0 Å². The van der Waals surface area contributed by atoms with E-state index in [9.17, 15) is 4.79 Å². The molecule has 1 N–H and O–H groups in total. The molecule has 0 aromatic carbocycles. The Morgan fingerprint density at radius 2 is 2.00 bits per heavy atom. The minimum absolute atomic E-state index is 0.262. The zero-order chi connectivity index (χ0) is 12.5. The number of piperidine rings is 1. The van der Waals surface area contributed by atoms with Gasteiger partial charge in [-0.25, -0.2) is 0 Å². The number of amides is 1. The number of carbonyl (C=O) groups is 1. The number of hydrogen-bond donors (Lipinski definition) is 1. The molecule has 3 rings (SSSR count). The van der Waals surface area contributed by atoms with Gasteiger partial charge in [0.05, 0.1) is 6.10 Å². The standard InChI is InChI=1S/C14H24N2O2/c1-18-13-4-5-16(9-13)14(17)8-10-6-11-2-3-12(7-10)15-11/h10-13,15H,2-9H2,1H3. The van der Waals surface area contributed by atoms with Gasteiger partial charge in [0.1, 0.15) is 0 Å².